The van der Waals surface area contributed by atoms with Crippen LogP contribution in [0.2, 0.25) is 0 Å². The number of aryl methyl sites for hydroxylation is 1. The minimum Gasteiger partial charge on any atom is -0.324 e. The Labute approximate surface area is 115 Å². The van der Waals surface area contributed by atoms with Gasteiger partial charge in [0.05, 0.1) is 0 Å². The van der Waals surface area contributed by atoms with Gasteiger partial charge in [0.25, 0.3) is 0 Å². The Morgan fingerprint density at radius 2 is 2.11 bits per heavy atom. The molecule has 1 fully saturated rings. The Bertz CT molecular complexity index is 414. The number of carbonyl (C=O) groups is 1. The minimum absolute atomic E-state index is 0.0182. The average molecular weight is 261 g/mol. The first-order valence-corrected chi connectivity index (χ1v) is 6.96. The van der Waals surface area contributed by atoms with Gasteiger partial charge in [-0.15, -0.1) is 0 Å². The topological polar surface area (TPSA) is 44.4 Å². The van der Waals surface area contributed by atoms with Crippen molar-refractivity contribution in [3.05, 3.63) is 29.8 Å². The van der Waals surface area contributed by atoms with Crippen molar-refractivity contribution in [2.24, 2.45) is 5.92 Å². The number of urea groups is 1. The second-order valence-electron chi connectivity index (χ2n) is 5.31. The monoisotopic (exact) mass is 261 g/mol. The molecule has 1 aromatic rings. The van der Waals surface area contributed by atoms with Gasteiger partial charge in [-0.25, -0.2) is 4.79 Å². The third-order valence-electron chi connectivity index (χ3n) is 3.60. The number of piperidine rings is 1. The van der Waals surface area contributed by atoms with E-state index < -0.39 is 0 Å². The molecule has 0 aromatic heterocycles. The summed E-state index contributed by atoms with van der Waals surface area (Å²) in [4.78, 5) is 14.1. The van der Waals surface area contributed by atoms with E-state index in [2.05, 4.69) is 10.6 Å². The van der Waals surface area contributed by atoms with Crippen molar-refractivity contribution in [3.63, 3.8) is 0 Å². The van der Waals surface area contributed by atoms with E-state index in [1.54, 1.807) is 0 Å². The van der Waals surface area contributed by atoms with Gasteiger partial charge in [-0.1, -0.05) is 17.7 Å². The van der Waals surface area contributed by atoms with Gasteiger partial charge in [-0.2, -0.15) is 0 Å². The highest BCUT2D eigenvalue weighted by Crippen LogP contribution is 2.17. The lowest BCUT2D eigenvalue weighted by molar-refractivity contribution is 0.177. The zero-order valence-electron chi connectivity index (χ0n) is 11.8. The molecule has 0 aliphatic carbocycles. The molecule has 104 valence electrons. The number of hydrogen-bond donors (Lipinski definition) is 2. The Kier molecular flexibility index (Phi) is 4.80. The van der Waals surface area contributed by atoms with E-state index in [0.29, 0.717) is 5.92 Å². The molecule has 0 radical (unpaired) electrons. The Hall–Kier alpha value is -1.55. The summed E-state index contributed by atoms with van der Waals surface area (Å²) >= 11 is 0. The summed E-state index contributed by atoms with van der Waals surface area (Å²) < 4.78 is 0. The predicted molar refractivity (Wildman–Crippen MR) is 78.4 cm³/mol. The number of anilines is 1. The fraction of sp³-hybridized carbons (Fsp3) is 0.533. The van der Waals surface area contributed by atoms with Gasteiger partial charge < -0.3 is 15.5 Å². The van der Waals surface area contributed by atoms with E-state index >= 15 is 0 Å². The third-order valence-corrected chi connectivity index (χ3v) is 3.60. The zero-order valence-corrected chi connectivity index (χ0v) is 11.8. The second kappa shape index (κ2) is 6.57. The van der Waals surface area contributed by atoms with Crippen molar-refractivity contribution in [2.75, 3.05) is 32.0 Å². The van der Waals surface area contributed by atoms with Crippen LogP contribution in [0, 0.1) is 12.8 Å². The molecule has 1 saturated heterocycles. The Morgan fingerprint density at radius 3 is 2.79 bits per heavy atom. The van der Waals surface area contributed by atoms with Crippen LogP contribution in [0.15, 0.2) is 24.3 Å². The van der Waals surface area contributed by atoms with Crippen LogP contribution >= 0.6 is 0 Å². The van der Waals surface area contributed by atoms with Crippen LogP contribution in [0.25, 0.3) is 0 Å². The minimum atomic E-state index is 0.0182. The molecular formula is C15H23N3O. The highest BCUT2D eigenvalue weighted by Gasteiger charge is 2.23. The van der Waals surface area contributed by atoms with E-state index in [1.165, 1.54) is 12.0 Å². The van der Waals surface area contributed by atoms with Crippen molar-refractivity contribution in [1.29, 1.82) is 0 Å². The van der Waals surface area contributed by atoms with Gasteiger partial charge in [-0.05, 0) is 51.4 Å². The molecule has 2 N–H and O–H groups in total. The smallest absolute Gasteiger partial charge is 0.321 e. The maximum absolute atomic E-state index is 12.2. The lowest BCUT2D eigenvalue weighted by Gasteiger charge is -2.32. The van der Waals surface area contributed by atoms with Crippen LogP contribution in [0.4, 0.5) is 10.5 Å². The highest BCUT2D eigenvalue weighted by molar-refractivity contribution is 5.89. The molecule has 0 bridgehead atoms. The SMILES string of the molecule is CNCC1CCCN(C(=O)Nc2ccc(C)cc2)C1. The number of hydrogen-bond acceptors (Lipinski definition) is 2. The summed E-state index contributed by atoms with van der Waals surface area (Å²) in [6, 6.07) is 7.93. The molecule has 1 aliphatic rings. The van der Waals surface area contributed by atoms with Gasteiger partial charge >= 0.3 is 6.03 Å². The normalized spacial score (nSPS) is 19.3. The standard InChI is InChI=1S/C15H23N3O/c1-12-5-7-14(8-6-12)17-15(19)18-9-3-4-13(11-18)10-16-2/h5-8,13,16H,3-4,9-11H2,1-2H3,(H,17,19). The van der Waals surface area contributed by atoms with E-state index in [0.717, 1.165) is 31.7 Å². The molecular weight excluding hydrogens is 238 g/mol. The number of amides is 2. The van der Waals surface area contributed by atoms with Gasteiger partial charge in [0, 0.05) is 18.8 Å². The summed E-state index contributed by atoms with van der Waals surface area (Å²) in [6.07, 6.45) is 2.29. The molecule has 0 spiro atoms. The first-order valence-electron chi connectivity index (χ1n) is 6.96. The number of nitrogens with zero attached hydrogens (tertiary/aromatic N) is 1. The largest absolute Gasteiger partial charge is 0.324 e. The van der Waals surface area contributed by atoms with Crippen molar-refractivity contribution < 1.29 is 4.79 Å². The number of likely N-dealkylation sites (tertiary alicyclic amines) is 1. The maximum atomic E-state index is 12.2. The third kappa shape index (κ3) is 3.96. The lowest BCUT2D eigenvalue weighted by Crippen LogP contribution is -2.44. The Balaban J connectivity index is 1.90. The van der Waals surface area contributed by atoms with Crippen molar-refractivity contribution in [3.8, 4) is 0 Å². The van der Waals surface area contributed by atoms with E-state index in [9.17, 15) is 4.79 Å². The van der Waals surface area contributed by atoms with Gasteiger partial charge in [0.1, 0.15) is 0 Å². The molecule has 0 saturated carbocycles. The molecule has 2 rings (SSSR count). The van der Waals surface area contributed by atoms with Crippen LogP contribution in [-0.4, -0.2) is 37.6 Å². The van der Waals surface area contributed by atoms with E-state index in [-0.39, 0.29) is 6.03 Å². The molecule has 4 heteroatoms. The van der Waals surface area contributed by atoms with Crippen molar-refractivity contribution in [1.82, 2.24) is 10.2 Å². The molecule has 2 amide bonds. The fourth-order valence-corrected chi connectivity index (χ4v) is 2.54. The lowest BCUT2D eigenvalue weighted by atomic mass is 9.98. The van der Waals surface area contributed by atoms with Crippen LogP contribution in [0.5, 0.6) is 0 Å². The Morgan fingerprint density at radius 1 is 1.37 bits per heavy atom. The molecule has 1 unspecified atom stereocenters. The molecule has 1 aliphatic heterocycles. The summed E-state index contributed by atoms with van der Waals surface area (Å²) in [5.41, 5.74) is 2.07. The second-order valence-corrected chi connectivity index (χ2v) is 5.31. The van der Waals surface area contributed by atoms with Crippen LogP contribution in [-0.2, 0) is 0 Å². The molecule has 19 heavy (non-hydrogen) atoms. The highest BCUT2D eigenvalue weighted by atomic mass is 16.2. The van der Waals surface area contributed by atoms with Crippen molar-refractivity contribution in [2.45, 2.75) is 19.8 Å². The summed E-state index contributed by atoms with van der Waals surface area (Å²) in [6.45, 7) is 4.73. The number of rotatable bonds is 3. The first kappa shape index (κ1) is 13.9. The average Bonchev–Trinajstić information content (AvgIpc) is 2.42. The molecule has 1 atom stereocenters. The number of benzene rings is 1. The predicted octanol–water partition coefficient (Wildman–Crippen LogP) is 2.46. The quantitative estimate of drug-likeness (QED) is 0.878. The maximum Gasteiger partial charge on any atom is 0.321 e. The fourth-order valence-electron chi connectivity index (χ4n) is 2.54. The van der Waals surface area contributed by atoms with Gasteiger partial charge in [0.15, 0.2) is 0 Å². The molecule has 1 heterocycles. The van der Waals surface area contributed by atoms with Crippen LogP contribution in [0.3, 0.4) is 0 Å². The van der Waals surface area contributed by atoms with Crippen LogP contribution in [0.1, 0.15) is 18.4 Å². The van der Waals surface area contributed by atoms with Gasteiger partial charge in [-0.3, -0.25) is 0 Å². The van der Waals surface area contributed by atoms with E-state index in [1.807, 2.05) is 43.1 Å². The van der Waals surface area contributed by atoms with Gasteiger partial charge in [0.2, 0.25) is 0 Å². The zero-order chi connectivity index (χ0) is 13.7. The molecule has 4 nitrogen and oxygen atoms in total. The molecule has 1 aromatic carbocycles. The number of nitrogens with one attached hydrogen (secondary N) is 2. The van der Waals surface area contributed by atoms with Crippen molar-refractivity contribution >= 4 is 11.7 Å². The summed E-state index contributed by atoms with van der Waals surface area (Å²) in [5.74, 6) is 0.572. The van der Waals surface area contributed by atoms with E-state index in [4.69, 9.17) is 0 Å². The summed E-state index contributed by atoms with van der Waals surface area (Å²) in [7, 11) is 1.96. The summed E-state index contributed by atoms with van der Waals surface area (Å²) in [5, 5.41) is 6.16. The first-order chi connectivity index (χ1) is 9.19. The number of carbonyl (C=O) groups excluding carboxylic acids is 1. The van der Waals surface area contributed by atoms with Crippen LogP contribution < -0.4 is 10.6 Å².